The van der Waals surface area contributed by atoms with Crippen LogP contribution in [0.25, 0.3) is 6.08 Å². The average Bonchev–Trinajstić information content (AvgIpc) is 2.02. The molecule has 1 radical (unpaired) electrons. The van der Waals surface area contributed by atoms with E-state index in [4.69, 9.17) is 0 Å². The first kappa shape index (κ1) is 13.1. The molecule has 0 fully saturated rings. The van der Waals surface area contributed by atoms with Crippen LogP contribution in [-0.2, 0) is 32.7 Å². The van der Waals surface area contributed by atoms with Crippen molar-refractivity contribution >= 4 is 6.08 Å². The molecule has 67 valence electrons. The number of hydrogen-bond donors (Lipinski definition) is 0. The molecule has 13 heavy (non-hydrogen) atoms. The summed E-state index contributed by atoms with van der Waals surface area (Å²) >= 11 is 0. The van der Waals surface area contributed by atoms with Crippen LogP contribution in [0, 0.1) is 17.6 Å². The molecule has 0 spiro atoms. The number of benzene rings is 1. The summed E-state index contributed by atoms with van der Waals surface area (Å²) in [5.41, 5.74) is 1.22. The normalized spacial score (nSPS) is 11.3. The monoisotopic (exact) mass is 247 g/mol. The van der Waals surface area contributed by atoms with Crippen molar-refractivity contribution in [1.82, 2.24) is 0 Å². The first-order chi connectivity index (χ1) is 5.58. The van der Waals surface area contributed by atoms with Crippen molar-refractivity contribution in [1.29, 1.82) is 0 Å². The van der Waals surface area contributed by atoms with Crippen molar-refractivity contribution in [3.05, 3.63) is 42.0 Å². The van der Waals surface area contributed by atoms with Gasteiger partial charge in [-0.1, -0.05) is 20.8 Å². The van der Waals surface area contributed by atoms with Crippen molar-refractivity contribution in [2.24, 2.45) is 5.41 Å². The molecule has 0 saturated carbocycles. The molecule has 0 aromatic heterocycles. The summed E-state index contributed by atoms with van der Waals surface area (Å²) in [6, 6.07) is 11.0. The third-order valence-corrected chi connectivity index (χ3v) is 1.39. The average molecular weight is 247 g/mol. The van der Waals surface area contributed by atoms with Crippen molar-refractivity contribution in [3.63, 3.8) is 0 Å². The van der Waals surface area contributed by atoms with Crippen LogP contribution in [0.15, 0.2) is 24.3 Å². The maximum atomic E-state index is 3.28. The molecular weight excluding hydrogens is 233 g/mol. The largest absolute Gasteiger partial charge is 0.321 e. The maximum absolute atomic E-state index is 3.28. The van der Waals surface area contributed by atoms with Crippen LogP contribution < -0.4 is 0 Å². The summed E-state index contributed by atoms with van der Waals surface area (Å²) in [4.78, 5) is 0. The third-order valence-electron chi connectivity index (χ3n) is 1.39. The van der Waals surface area contributed by atoms with Crippen LogP contribution in [0.4, 0.5) is 0 Å². The fourth-order valence-corrected chi connectivity index (χ4v) is 0.791. The Morgan fingerprint density at radius 3 is 2.46 bits per heavy atom. The van der Waals surface area contributed by atoms with Crippen LogP contribution in [0.2, 0.25) is 0 Å². The Balaban J connectivity index is 0.00000144. The molecule has 0 heterocycles. The minimum Gasteiger partial charge on any atom is -0.321 e. The summed E-state index contributed by atoms with van der Waals surface area (Å²) in [5.74, 6) is 0. The molecule has 0 aliphatic rings. The van der Waals surface area contributed by atoms with Crippen molar-refractivity contribution < 1.29 is 32.7 Å². The molecular formula is C12H14Y-2. The molecule has 1 heteroatoms. The molecule has 0 unspecified atom stereocenters. The molecule has 0 amide bonds. The molecule has 1 aromatic carbocycles. The quantitative estimate of drug-likeness (QED) is 0.667. The second-order valence-corrected chi connectivity index (χ2v) is 3.86. The summed E-state index contributed by atoms with van der Waals surface area (Å²) < 4.78 is 0. The predicted molar refractivity (Wildman–Crippen MR) is 52.4 cm³/mol. The van der Waals surface area contributed by atoms with Gasteiger partial charge in [-0.15, -0.1) is 11.5 Å². The Kier molecular flexibility index (Phi) is 5.75. The molecule has 0 atom stereocenters. The fourth-order valence-electron chi connectivity index (χ4n) is 0.791. The summed E-state index contributed by atoms with van der Waals surface area (Å²) in [5, 5.41) is 0. The van der Waals surface area contributed by atoms with E-state index in [2.05, 4.69) is 32.9 Å². The van der Waals surface area contributed by atoms with Gasteiger partial charge in [0, 0.05) is 32.7 Å². The summed E-state index contributed by atoms with van der Waals surface area (Å²) in [7, 11) is 0. The van der Waals surface area contributed by atoms with Crippen LogP contribution in [-0.4, -0.2) is 0 Å². The number of hydrogen-bond acceptors (Lipinski definition) is 0. The van der Waals surface area contributed by atoms with Gasteiger partial charge in [-0.3, -0.25) is 0 Å². The SMILES string of the molecule is CC(C)(C)[C-]=Cc1[c-]cccc1.[Y]. The van der Waals surface area contributed by atoms with Gasteiger partial charge >= 0.3 is 0 Å². The summed E-state index contributed by atoms with van der Waals surface area (Å²) in [6.07, 6.45) is 5.27. The molecule has 0 aliphatic carbocycles. The van der Waals surface area contributed by atoms with E-state index in [0.717, 1.165) is 5.56 Å². The van der Waals surface area contributed by atoms with E-state index in [-0.39, 0.29) is 38.1 Å². The van der Waals surface area contributed by atoms with Crippen molar-refractivity contribution in [2.75, 3.05) is 0 Å². The molecule has 1 rings (SSSR count). The Hall–Kier alpha value is 0.0639. The number of rotatable bonds is 1. The van der Waals surface area contributed by atoms with E-state index in [1.807, 2.05) is 30.3 Å². The van der Waals surface area contributed by atoms with Crippen LogP contribution in [0.5, 0.6) is 0 Å². The van der Waals surface area contributed by atoms with E-state index in [0.29, 0.717) is 0 Å². The zero-order valence-corrected chi connectivity index (χ0v) is 11.3. The second kappa shape index (κ2) is 5.72. The van der Waals surface area contributed by atoms with Gasteiger partial charge in [0.2, 0.25) is 0 Å². The molecule has 0 saturated heterocycles. The van der Waals surface area contributed by atoms with E-state index < -0.39 is 0 Å². The van der Waals surface area contributed by atoms with E-state index in [9.17, 15) is 0 Å². The Labute approximate surface area is 106 Å². The fraction of sp³-hybridized carbons (Fsp3) is 0.333. The van der Waals surface area contributed by atoms with Gasteiger partial charge in [-0.05, 0) is 0 Å². The minimum absolute atomic E-state index is 0. The molecule has 1 aromatic rings. The number of allylic oxidation sites excluding steroid dienone is 1. The first-order valence-electron chi connectivity index (χ1n) is 4.15. The zero-order chi connectivity index (χ0) is 9.03. The minimum atomic E-state index is 0. The van der Waals surface area contributed by atoms with Gasteiger partial charge in [-0.2, -0.15) is 12.1 Å². The van der Waals surface area contributed by atoms with Gasteiger partial charge in [0.25, 0.3) is 0 Å². The first-order valence-corrected chi connectivity index (χ1v) is 4.15. The van der Waals surface area contributed by atoms with Crippen LogP contribution in [0.1, 0.15) is 26.3 Å². The van der Waals surface area contributed by atoms with Crippen molar-refractivity contribution in [3.8, 4) is 0 Å². The predicted octanol–water partition coefficient (Wildman–Crippen LogP) is 3.35. The maximum Gasteiger partial charge on any atom is 0 e. The Morgan fingerprint density at radius 2 is 2.00 bits per heavy atom. The molecule has 0 aliphatic heterocycles. The third kappa shape index (κ3) is 6.18. The van der Waals surface area contributed by atoms with E-state index in [1.54, 1.807) is 0 Å². The van der Waals surface area contributed by atoms with Crippen LogP contribution in [0.3, 0.4) is 0 Å². The second-order valence-electron chi connectivity index (χ2n) is 3.86. The smallest absolute Gasteiger partial charge is 0 e. The molecule has 0 N–H and O–H groups in total. The molecule has 0 bridgehead atoms. The van der Waals surface area contributed by atoms with Gasteiger partial charge in [0.1, 0.15) is 0 Å². The zero-order valence-electron chi connectivity index (χ0n) is 8.46. The Bertz CT molecular complexity index is 254. The topological polar surface area (TPSA) is 0 Å². The molecule has 0 nitrogen and oxygen atoms in total. The van der Waals surface area contributed by atoms with E-state index in [1.165, 1.54) is 0 Å². The van der Waals surface area contributed by atoms with Gasteiger partial charge in [0.05, 0.1) is 0 Å². The van der Waals surface area contributed by atoms with E-state index >= 15 is 0 Å². The van der Waals surface area contributed by atoms with Gasteiger partial charge < -0.3 is 17.7 Å². The van der Waals surface area contributed by atoms with Gasteiger partial charge in [-0.25, -0.2) is 12.1 Å². The standard InChI is InChI=1S/C12H14.Y/c1-12(2,3)10-9-11-7-5-4-6-8-11;/h4-7,9H,1-3H3;/q-2;. The van der Waals surface area contributed by atoms with Gasteiger partial charge in [0.15, 0.2) is 0 Å². The van der Waals surface area contributed by atoms with Crippen molar-refractivity contribution in [2.45, 2.75) is 20.8 Å². The summed E-state index contributed by atoms with van der Waals surface area (Å²) in [6.45, 7) is 6.39. The van der Waals surface area contributed by atoms with Crippen LogP contribution >= 0.6 is 0 Å². The Morgan fingerprint density at radius 1 is 1.31 bits per heavy atom.